The first-order valence-corrected chi connectivity index (χ1v) is 14.1. The van der Waals surface area contributed by atoms with E-state index in [2.05, 4.69) is 6.92 Å². The number of ether oxygens (including phenoxy) is 2. The molecule has 1 aromatic rings. The maximum Gasteiger partial charge on any atom is 0.270 e. The molecule has 0 radical (unpaired) electrons. The number of hydrogen-bond donors (Lipinski definition) is 0. The molecule has 0 aliphatic heterocycles. The first kappa shape index (κ1) is 30.2. The SMILES string of the molecule is CCCCCCCCCCCC(CC)OC(OP(=O)([O-])OCC[n+]1ccccc1)C(C)OC. The highest BCUT2D eigenvalue weighted by Gasteiger charge is 2.27. The Kier molecular flexibility index (Phi) is 16.9. The van der Waals surface area contributed by atoms with Gasteiger partial charge in [-0.05, 0) is 19.8 Å². The Bertz CT molecular complexity index is 633. The average Bonchev–Trinajstić information content (AvgIpc) is 2.81. The van der Waals surface area contributed by atoms with Crippen molar-refractivity contribution >= 4 is 7.82 Å². The number of methoxy groups -OCH3 is 1. The van der Waals surface area contributed by atoms with Gasteiger partial charge in [0.1, 0.15) is 12.7 Å². The van der Waals surface area contributed by atoms with Crippen LogP contribution in [0, 0.1) is 0 Å². The minimum Gasteiger partial charge on any atom is -0.756 e. The van der Waals surface area contributed by atoms with Gasteiger partial charge in [-0.1, -0.05) is 77.7 Å². The van der Waals surface area contributed by atoms with Gasteiger partial charge in [-0.15, -0.1) is 0 Å². The van der Waals surface area contributed by atoms with Crippen LogP contribution in [0.25, 0.3) is 0 Å². The van der Waals surface area contributed by atoms with Crippen molar-refractivity contribution in [2.45, 2.75) is 116 Å². The molecule has 0 saturated carbocycles. The van der Waals surface area contributed by atoms with Crippen molar-refractivity contribution in [2.24, 2.45) is 0 Å². The summed E-state index contributed by atoms with van der Waals surface area (Å²) in [6.07, 6.45) is 15.0. The molecule has 8 heteroatoms. The smallest absolute Gasteiger partial charge is 0.270 e. The van der Waals surface area contributed by atoms with Gasteiger partial charge in [-0.3, -0.25) is 9.09 Å². The molecular weight excluding hydrogens is 441 g/mol. The topological polar surface area (TPSA) is 80.9 Å². The third-order valence-corrected chi connectivity index (χ3v) is 6.74. The van der Waals surface area contributed by atoms with E-state index in [4.69, 9.17) is 18.5 Å². The Morgan fingerprint density at radius 2 is 1.55 bits per heavy atom. The molecule has 0 amide bonds. The van der Waals surface area contributed by atoms with Crippen molar-refractivity contribution in [2.75, 3.05) is 13.7 Å². The maximum atomic E-state index is 12.4. The second kappa shape index (κ2) is 18.5. The van der Waals surface area contributed by atoms with Gasteiger partial charge in [0.2, 0.25) is 0 Å². The zero-order valence-corrected chi connectivity index (χ0v) is 22.0. The molecular formula is C25H46NO6P. The Morgan fingerprint density at radius 1 is 0.939 bits per heavy atom. The highest BCUT2D eigenvalue weighted by molar-refractivity contribution is 7.45. The molecule has 4 atom stereocenters. The van der Waals surface area contributed by atoms with Gasteiger partial charge in [0.05, 0.1) is 6.10 Å². The molecule has 0 spiro atoms. The van der Waals surface area contributed by atoms with Crippen molar-refractivity contribution in [3.05, 3.63) is 30.6 Å². The summed E-state index contributed by atoms with van der Waals surface area (Å²) in [6.45, 7) is 6.40. The Morgan fingerprint density at radius 3 is 2.12 bits per heavy atom. The molecule has 0 fully saturated rings. The normalized spacial score (nSPS) is 16.3. The molecule has 0 saturated heterocycles. The average molecular weight is 488 g/mol. The summed E-state index contributed by atoms with van der Waals surface area (Å²) in [5.74, 6) is 0. The van der Waals surface area contributed by atoms with Crippen LogP contribution in [0.1, 0.15) is 91.4 Å². The number of hydrogen-bond acceptors (Lipinski definition) is 6. The lowest BCUT2D eigenvalue weighted by Gasteiger charge is -2.32. The fraction of sp³-hybridized carbons (Fsp3) is 0.800. The first-order valence-electron chi connectivity index (χ1n) is 12.7. The second-order valence-corrected chi connectivity index (χ2v) is 9.96. The summed E-state index contributed by atoms with van der Waals surface area (Å²) in [5.41, 5.74) is 0. The van der Waals surface area contributed by atoms with Crippen LogP contribution in [-0.4, -0.2) is 32.2 Å². The predicted molar refractivity (Wildman–Crippen MR) is 129 cm³/mol. The summed E-state index contributed by atoms with van der Waals surface area (Å²) in [6, 6.07) is 5.64. The number of unbranched alkanes of at least 4 members (excludes halogenated alkanes) is 8. The van der Waals surface area contributed by atoms with Crippen LogP contribution in [0.3, 0.4) is 0 Å². The molecule has 0 bridgehead atoms. The molecule has 1 aromatic heterocycles. The molecule has 7 nitrogen and oxygen atoms in total. The van der Waals surface area contributed by atoms with E-state index in [0.29, 0.717) is 6.54 Å². The van der Waals surface area contributed by atoms with Crippen LogP contribution in [0.5, 0.6) is 0 Å². The number of aromatic nitrogens is 1. The van der Waals surface area contributed by atoms with E-state index in [0.717, 1.165) is 19.3 Å². The van der Waals surface area contributed by atoms with Gasteiger partial charge in [-0.2, -0.15) is 0 Å². The lowest BCUT2D eigenvalue weighted by Crippen LogP contribution is -2.37. The maximum absolute atomic E-state index is 12.4. The van der Waals surface area contributed by atoms with Gasteiger partial charge in [0.25, 0.3) is 7.82 Å². The number of phosphoric ester groups is 1. The van der Waals surface area contributed by atoms with E-state index >= 15 is 0 Å². The van der Waals surface area contributed by atoms with Gasteiger partial charge < -0.3 is 18.9 Å². The molecule has 33 heavy (non-hydrogen) atoms. The van der Waals surface area contributed by atoms with E-state index in [9.17, 15) is 9.46 Å². The number of rotatable bonds is 21. The Balaban J connectivity index is 2.39. The molecule has 1 heterocycles. The molecule has 0 aliphatic carbocycles. The van der Waals surface area contributed by atoms with E-state index in [1.807, 2.05) is 42.1 Å². The third kappa shape index (κ3) is 14.9. The summed E-state index contributed by atoms with van der Waals surface area (Å²) in [5, 5.41) is 0. The standard InChI is InChI=1S/C25H46NO6P/c1-5-7-8-9-10-11-12-13-15-18-24(6-2)31-25(23(3)29-4)32-33(27,28)30-22-21-26-19-16-14-17-20-26/h14,16-17,19-20,23-25H,5-13,15,18,21-22H2,1-4H3. The van der Waals surface area contributed by atoms with Crippen LogP contribution in [0.2, 0.25) is 0 Å². The number of pyridine rings is 1. The van der Waals surface area contributed by atoms with Crippen LogP contribution in [0.15, 0.2) is 30.6 Å². The minimum absolute atomic E-state index is 0.0147. The predicted octanol–water partition coefficient (Wildman–Crippen LogP) is 5.55. The highest BCUT2D eigenvalue weighted by atomic mass is 31.2. The summed E-state index contributed by atoms with van der Waals surface area (Å²) in [4.78, 5) is 12.4. The fourth-order valence-electron chi connectivity index (χ4n) is 3.57. The molecule has 4 unspecified atom stereocenters. The molecule has 0 N–H and O–H groups in total. The van der Waals surface area contributed by atoms with Crippen molar-refractivity contribution < 1.29 is 32.5 Å². The zero-order chi connectivity index (χ0) is 24.4. The lowest BCUT2D eigenvalue weighted by atomic mass is 10.0. The second-order valence-electron chi connectivity index (χ2n) is 8.59. The molecule has 192 valence electrons. The fourth-order valence-corrected chi connectivity index (χ4v) is 4.41. The molecule has 0 aromatic carbocycles. The van der Waals surface area contributed by atoms with E-state index < -0.39 is 20.2 Å². The first-order chi connectivity index (χ1) is 15.9. The van der Waals surface area contributed by atoms with Gasteiger partial charge >= 0.3 is 0 Å². The zero-order valence-electron chi connectivity index (χ0n) is 21.2. The van der Waals surface area contributed by atoms with Crippen LogP contribution in [-0.2, 0) is 29.6 Å². The van der Waals surface area contributed by atoms with Gasteiger partial charge in [0.15, 0.2) is 25.2 Å². The number of nitrogens with zero attached hydrogens (tertiary/aromatic N) is 1. The summed E-state index contributed by atoms with van der Waals surface area (Å²) in [7, 11) is -3.03. The highest BCUT2D eigenvalue weighted by Crippen LogP contribution is 2.41. The van der Waals surface area contributed by atoms with Crippen LogP contribution < -0.4 is 9.46 Å². The molecule has 1 rings (SSSR count). The summed E-state index contributed by atoms with van der Waals surface area (Å²) < 4.78 is 35.9. The third-order valence-electron chi connectivity index (χ3n) is 5.78. The molecule has 0 aliphatic rings. The van der Waals surface area contributed by atoms with Crippen molar-refractivity contribution in [3.8, 4) is 0 Å². The monoisotopic (exact) mass is 487 g/mol. The number of phosphoric acid groups is 1. The van der Waals surface area contributed by atoms with Crippen molar-refractivity contribution in [3.63, 3.8) is 0 Å². The Hall–Kier alpha value is -0.820. The van der Waals surface area contributed by atoms with Crippen LogP contribution >= 0.6 is 7.82 Å². The summed E-state index contributed by atoms with van der Waals surface area (Å²) >= 11 is 0. The largest absolute Gasteiger partial charge is 0.756 e. The quantitative estimate of drug-likeness (QED) is 0.0978. The van der Waals surface area contributed by atoms with Gasteiger partial charge in [0, 0.05) is 19.2 Å². The van der Waals surface area contributed by atoms with Crippen molar-refractivity contribution in [1.29, 1.82) is 0 Å². The Labute approximate surface area is 201 Å². The van der Waals surface area contributed by atoms with Gasteiger partial charge in [-0.25, -0.2) is 4.57 Å². The van der Waals surface area contributed by atoms with Crippen LogP contribution in [0.4, 0.5) is 0 Å². The van der Waals surface area contributed by atoms with E-state index in [1.165, 1.54) is 58.5 Å². The lowest BCUT2D eigenvalue weighted by molar-refractivity contribution is -0.697. The minimum atomic E-state index is -4.54. The van der Waals surface area contributed by atoms with E-state index in [1.54, 1.807) is 6.92 Å². The van der Waals surface area contributed by atoms with E-state index in [-0.39, 0.29) is 12.7 Å². The van der Waals surface area contributed by atoms with Crippen molar-refractivity contribution in [1.82, 2.24) is 0 Å².